The van der Waals surface area contributed by atoms with E-state index in [0.29, 0.717) is 5.69 Å². The third kappa shape index (κ3) is 6.00. The minimum absolute atomic E-state index is 0.0163. The van der Waals surface area contributed by atoms with E-state index in [1.165, 1.54) is 6.92 Å². The van der Waals surface area contributed by atoms with Crippen LogP contribution in [0.5, 0.6) is 0 Å². The monoisotopic (exact) mass is 410 g/mol. The molecule has 0 aromatic heterocycles. The lowest BCUT2D eigenvalue weighted by atomic mass is 9.99. The van der Waals surface area contributed by atoms with Crippen molar-refractivity contribution in [2.24, 2.45) is 0 Å². The van der Waals surface area contributed by atoms with Gasteiger partial charge in [0, 0.05) is 37.7 Å². The van der Waals surface area contributed by atoms with Gasteiger partial charge >= 0.3 is 0 Å². The Hall–Kier alpha value is -2.51. The maximum absolute atomic E-state index is 11.4. The lowest BCUT2D eigenvalue weighted by molar-refractivity contribution is -0.252. The largest absolute Gasteiger partial charge is 0.392 e. The highest BCUT2D eigenvalue weighted by Crippen LogP contribution is 2.38. The first kappa shape index (κ1) is 22.2. The highest BCUT2D eigenvalue weighted by molar-refractivity contribution is 5.88. The molecule has 2 aromatic rings. The highest BCUT2D eigenvalue weighted by Gasteiger charge is 2.32. The lowest BCUT2D eigenvalue weighted by Gasteiger charge is -2.37. The summed E-state index contributed by atoms with van der Waals surface area (Å²) >= 11 is 0. The van der Waals surface area contributed by atoms with Gasteiger partial charge in [-0.25, -0.2) is 0 Å². The number of aliphatic hydroxyl groups is 1. The Morgan fingerprint density at radius 2 is 2.00 bits per heavy atom. The second-order valence-electron chi connectivity index (χ2n) is 7.67. The number of likely N-dealkylation sites (N-methyl/N-ethyl adjacent to an activating group) is 1. The van der Waals surface area contributed by atoms with E-state index in [4.69, 9.17) is 9.47 Å². The fourth-order valence-corrected chi connectivity index (χ4v) is 3.64. The quantitative estimate of drug-likeness (QED) is 0.648. The van der Waals surface area contributed by atoms with Crippen molar-refractivity contribution in [1.82, 2.24) is 4.90 Å². The number of nitrogens with zero attached hydrogens (tertiary/aromatic N) is 1. The molecule has 1 fully saturated rings. The minimum atomic E-state index is -0.544. The molecular formula is C24H30N2O4. The van der Waals surface area contributed by atoms with Crippen LogP contribution in [0.25, 0.3) is 0 Å². The molecule has 0 radical (unpaired) electrons. The van der Waals surface area contributed by atoms with Crippen LogP contribution in [0.2, 0.25) is 0 Å². The van der Waals surface area contributed by atoms with Gasteiger partial charge in [-0.2, -0.15) is 0 Å². The van der Waals surface area contributed by atoms with Crippen molar-refractivity contribution in [2.45, 2.75) is 38.4 Å². The van der Waals surface area contributed by atoms with Crippen LogP contribution >= 0.6 is 0 Å². The average Bonchev–Trinajstić information content (AvgIpc) is 2.73. The first-order chi connectivity index (χ1) is 14.5. The van der Waals surface area contributed by atoms with Crippen molar-refractivity contribution < 1.29 is 19.4 Å². The van der Waals surface area contributed by atoms with Gasteiger partial charge in [0.25, 0.3) is 0 Å². The number of ether oxygens (including phenoxy) is 2. The lowest BCUT2D eigenvalue weighted by Crippen LogP contribution is -2.37. The average molecular weight is 411 g/mol. The van der Waals surface area contributed by atoms with Gasteiger partial charge in [0.2, 0.25) is 5.91 Å². The highest BCUT2D eigenvalue weighted by atomic mass is 16.7. The van der Waals surface area contributed by atoms with E-state index in [2.05, 4.69) is 16.8 Å². The number of carbonyl (C=O) groups is 1. The summed E-state index contributed by atoms with van der Waals surface area (Å²) in [5, 5.41) is 12.1. The standard InChI is InChI=1S/C24H30N2O4/c1-4-12-26(3)15-22-14-23(19-10-8-18(16-27)9-11-19)30-24(29-22)20-6-5-7-21(13-20)25-17(2)28/h4-11,13,22-24,27H,1,12,14-16H2,2-3H3,(H,25,28)/t22-,23+,24+/m1/s1. The Kier molecular flexibility index (Phi) is 7.76. The summed E-state index contributed by atoms with van der Waals surface area (Å²) in [5.74, 6) is -0.122. The molecule has 1 aliphatic heterocycles. The van der Waals surface area contributed by atoms with E-state index < -0.39 is 6.29 Å². The molecule has 1 aliphatic rings. The second kappa shape index (κ2) is 10.5. The molecule has 0 aliphatic carbocycles. The Morgan fingerprint density at radius 3 is 2.67 bits per heavy atom. The predicted molar refractivity (Wildman–Crippen MR) is 117 cm³/mol. The number of hydrogen-bond acceptors (Lipinski definition) is 5. The van der Waals surface area contributed by atoms with E-state index in [-0.39, 0.29) is 24.7 Å². The SMILES string of the molecule is C=CCN(C)C[C@H]1C[C@@H](c2ccc(CO)cc2)O[C@@H](c2cccc(NC(C)=O)c2)O1. The Morgan fingerprint density at radius 1 is 1.23 bits per heavy atom. The molecule has 3 rings (SSSR count). The Balaban J connectivity index is 1.83. The van der Waals surface area contributed by atoms with E-state index in [0.717, 1.165) is 36.2 Å². The number of amides is 1. The van der Waals surface area contributed by atoms with Gasteiger partial charge < -0.3 is 24.8 Å². The molecule has 30 heavy (non-hydrogen) atoms. The topological polar surface area (TPSA) is 71.0 Å². The Bertz CT molecular complexity index is 853. The summed E-state index contributed by atoms with van der Waals surface area (Å²) in [4.78, 5) is 13.6. The molecule has 0 unspecified atom stereocenters. The van der Waals surface area contributed by atoms with Crippen molar-refractivity contribution in [3.8, 4) is 0 Å². The van der Waals surface area contributed by atoms with Crippen molar-refractivity contribution in [3.63, 3.8) is 0 Å². The summed E-state index contributed by atoms with van der Waals surface area (Å²) < 4.78 is 12.6. The van der Waals surface area contributed by atoms with Gasteiger partial charge in [0.05, 0.1) is 18.8 Å². The molecule has 3 atom stereocenters. The molecule has 2 aromatic carbocycles. The van der Waals surface area contributed by atoms with Gasteiger partial charge in [-0.3, -0.25) is 4.79 Å². The molecule has 2 N–H and O–H groups in total. The maximum Gasteiger partial charge on any atom is 0.221 e. The zero-order valence-corrected chi connectivity index (χ0v) is 17.6. The number of benzene rings is 2. The fraction of sp³-hybridized carbons (Fsp3) is 0.375. The van der Waals surface area contributed by atoms with Gasteiger partial charge in [0.1, 0.15) is 0 Å². The number of rotatable bonds is 8. The Labute approximate surface area is 178 Å². The normalized spacial score (nSPS) is 21.4. The first-order valence-electron chi connectivity index (χ1n) is 10.2. The van der Waals surface area contributed by atoms with Crippen molar-refractivity contribution in [2.75, 3.05) is 25.5 Å². The molecule has 1 amide bonds. The van der Waals surface area contributed by atoms with Crippen molar-refractivity contribution in [3.05, 3.63) is 77.9 Å². The van der Waals surface area contributed by atoms with Crippen LogP contribution in [0.3, 0.4) is 0 Å². The van der Waals surface area contributed by atoms with Crippen LogP contribution in [0, 0.1) is 0 Å². The van der Waals surface area contributed by atoms with Crippen molar-refractivity contribution in [1.29, 1.82) is 0 Å². The molecule has 0 saturated carbocycles. The van der Waals surface area contributed by atoms with Crippen LogP contribution in [-0.4, -0.2) is 42.2 Å². The number of hydrogen-bond donors (Lipinski definition) is 2. The van der Waals surface area contributed by atoms with Gasteiger partial charge in [-0.1, -0.05) is 42.5 Å². The van der Waals surface area contributed by atoms with Crippen LogP contribution in [-0.2, 0) is 20.9 Å². The van der Waals surface area contributed by atoms with Gasteiger partial charge in [0.15, 0.2) is 6.29 Å². The number of nitrogens with one attached hydrogen (secondary N) is 1. The summed E-state index contributed by atoms with van der Waals surface area (Å²) in [5.41, 5.74) is 3.48. The van der Waals surface area contributed by atoms with Crippen LogP contribution < -0.4 is 5.32 Å². The zero-order valence-electron chi connectivity index (χ0n) is 17.6. The zero-order chi connectivity index (χ0) is 21.5. The molecule has 160 valence electrons. The molecule has 6 nitrogen and oxygen atoms in total. The molecule has 1 saturated heterocycles. The van der Waals surface area contributed by atoms with Crippen LogP contribution in [0.4, 0.5) is 5.69 Å². The van der Waals surface area contributed by atoms with E-state index in [1.54, 1.807) is 0 Å². The number of carbonyl (C=O) groups excluding carboxylic acids is 1. The maximum atomic E-state index is 11.4. The minimum Gasteiger partial charge on any atom is -0.392 e. The fourth-order valence-electron chi connectivity index (χ4n) is 3.64. The van der Waals surface area contributed by atoms with E-state index in [9.17, 15) is 9.90 Å². The predicted octanol–water partition coefficient (Wildman–Crippen LogP) is 3.80. The summed E-state index contributed by atoms with van der Waals surface area (Å²) in [7, 11) is 2.04. The third-order valence-electron chi connectivity index (χ3n) is 5.05. The smallest absolute Gasteiger partial charge is 0.221 e. The van der Waals surface area contributed by atoms with Crippen LogP contribution in [0.1, 0.15) is 42.4 Å². The summed E-state index contributed by atoms with van der Waals surface area (Å²) in [6, 6.07) is 15.4. The molecule has 1 heterocycles. The summed E-state index contributed by atoms with van der Waals surface area (Å²) in [6.45, 7) is 6.84. The second-order valence-corrected chi connectivity index (χ2v) is 7.67. The van der Waals surface area contributed by atoms with E-state index >= 15 is 0 Å². The molecule has 0 bridgehead atoms. The van der Waals surface area contributed by atoms with Crippen molar-refractivity contribution >= 4 is 11.6 Å². The summed E-state index contributed by atoms with van der Waals surface area (Å²) in [6.07, 6.45) is 1.89. The third-order valence-corrected chi connectivity index (χ3v) is 5.05. The van der Waals surface area contributed by atoms with E-state index in [1.807, 2.05) is 61.7 Å². The van der Waals surface area contributed by atoms with Crippen LogP contribution in [0.15, 0.2) is 61.2 Å². The first-order valence-corrected chi connectivity index (χ1v) is 10.2. The number of aliphatic hydroxyl groups excluding tert-OH is 1. The molecule has 6 heteroatoms. The number of anilines is 1. The molecular weight excluding hydrogens is 380 g/mol. The van der Waals surface area contributed by atoms with Gasteiger partial charge in [-0.05, 0) is 30.3 Å². The molecule has 0 spiro atoms. The van der Waals surface area contributed by atoms with Gasteiger partial charge in [-0.15, -0.1) is 6.58 Å².